The number of carbonyl (C=O) groups excluding carboxylic acids is 1. The van der Waals surface area contributed by atoms with Gasteiger partial charge in [0.05, 0.1) is 12.0 Å². The molecule has 2 aliphatic heterocycles. The molecule has 2 saturated heterocycles. The van der Waals surface area contributed by atoms with Crippen molar-refractivity contribution in [3.8, 4) is 0 Å². The molecule has 2 atom stereocenters. The normalized spacial score (nSPS) is 24.8. The first kappa shape index (κ1) is 17.0. The maximum absolute atomic E-state index is 12.5. The highest BCUT2D eigenvalue weighted by Gasteiger charge is 2.33. The lowest BCUT2D eigenvalue weighted by Crippen LogP contribution is -2.49. The lowest BCUT2D eigenvalue weighted by atomic mass is 9.97. The van der Waals surface area contributed by atoms with Gasteiger partial charge in [0, 0.05) is 24.7 Å². The quantitative estimate of drug-likeness (QED) is 0.876. The molecule has 2 heterocycles. The molecule has 0 aromatic heterocycles. The Balaban J connectivity index is 1.57. The first-order chi connectivity index (χ1) is 11.5. The molecular weight excluding hydrogens is 332 g/mol. The number of carboxylic acids is 1. The Morgan fingerprint density at radius 3 is 2.46 bits per heavy atom. The summed E-state index contributed by atoms with van der Waals surface area (Å²) in [6.07, 6.45) is 1.59. The fourth-order valence-corrected chi connectivity index (χ4v) is 3.42. The van der Waals surface area contributed by atoms with Gasteiger partial charge in [-0.1, -0.05) is 23.7 Å². The predicted molar refractivity (Wildman–Crippen MR) is 89.0 cm³/mol. The van der Waals surface area contributed by atoms with Gasteiger partial charge in [-0.3, -0.25) is 4.79 Å². The summed E-state index contributed by atoms with van der Waals surface area (Å²) in [4.78, 5) is 25.1. The molecule has 2 aliphatic rings. The molecule has 7 heteroatoms. The van der Waals surface area contributed by atoms with E-state index in [0.29, 0.717) is 37.6 Å². The summed E-state index contributed by atoms with van der Waals surface area (Å²) in [5.74, 6) is -1.12. The first-order valence-corrected chi connectivity index (χ1v) is 8.57. The van der Waals surface area contributed by atoms with Crippen LogP contribution >= 0.6 is 11.6 Å². The van der Waals surface area contributed by atoms with Gasteiger partial charge in [0.15, 0.2) is 0 Å². The van der Waals surface area contributed by atoms with Crippen molar-refractivity contribution in [2.24, 2.45) is 5.92 Å². The molecule has 0 bridgehead atoms. The third-order valence-corrected chi connectivity index (χ3v) is 4.98. The van der Waals surface area contributed by atoms with Crippen molar-refractivity contribution in [3.05, 3.63) is 34.9 Å². The van der Waals surface area contributed by atoms with Crippen LogP contribution < -0.4 is 5.32 Å². The Morgan fingerprint density at radius 2 is 1.83 bits per heavy atom. The maximum Gasteiger partial charge on any atom is 0.317 e. The number of likely N-dealkylation sites (tertiary alicyclic amines) is 1. The average molecular weight is 353 g/mol. The van der Waals surface area contributed by atoms with Gasteiger partial charge in [-0.05, 0) is 37.0 Å². The average Bonchev–Trinajstić information content (AvgIpc) is 3.03. The second-order valence-electron chi connectivity index (χ2n) is 6.29. The number of carboxylic acid groups (broad SMARTS) is 1. The smallest absolute Gasteiger partial charge is 0.317 e. The minimum absolute atomic E-state index is 0.0872. The highest BCUT2D eigenvalue weighted by Crippen LogP contribution is 2.30. The minimum Gasteiger partial charge on any atom is -0.481 e. The number of aliphatic carboxylic acids is 1. The summed E-state index contributed by atoms with van der Waals surface area (Å²) < 4.78 is 5.77. The number of ether oxygens (including phenoxy) is 1. The van der Waals surface area contributed by atoms with Gasteiger partial charge in [0.1, 0.15) is 6.10 Å². The number of nitrogens with zero attached hydrogens (tertiary/aromatic N) is 1. The molecule has 3 rings (SSSR count). The van der Waals surface area contributed by atoms with Crippen LogP contribution in [0.3, 0.4) is 0 Å². The zero-order valence-corrected chi connectivity index (χ0v) is 14.0. The number of urea groups is 1. The molecule has 2 unspecified atom stereocenters. The molecule has 2 fully saturated rings. The Kier molecular flexibility index (Phi) is 5.26. The van der Waals surface area contributed by atoms with Crippen LogP contribution in [0, 0.1) is 5.92 Å². The summed E-state index contributed by atoms with van der Waals surface area (Å²) in [6.45, 7) is 1.54. The third-order valence-electron chi connectivity index (χ3n) is 4.73. The maximum atomic E-state index is 12.5. The van der Waals surface area contributed by atoms with Crippen molar-refractivity contribution in [3.63, 3.8) is 0 Å². The number of rotatable bonds is 3. The van der Waals surface area contributed by atoms with Gasteiger partial charge in [-0.25, -0.2) is 4.79 Å². The number of hydrogen-bond acceptors (Lipinski definition) is 3. The molecule has 130 valence electrons. The van der Waals surface area contributed by atoms with Gasteiger partial charge in [0.25, 0.3) is 0 Å². The molecule has 24 heavy (non-hydrogen) atoms. The number of amides is 2. The van der Waals surface area contributed by atoms with Gasteiger partial charge in [-0.15, -0.1) is 0 Å². The molecule has 6 nitrogen and oxygen atoms in total. The first-order valence-electron chi connectivity index (χ1n) is 8.20. The Bertz CT molecular complexity index is 599. The van der Waals surface area contributed by atoms with Crippen LogP contribution in [0.5, 0.6) is 0 Å². The van der Waals surface area contributed by atoms with Crippen molar-refractivity contribution >= 4 is 23.6 Å². The predicted octanol–water partition coefficient (Wildman–Crippen LogP) is 2.68. The molecular formula is C17H21ClN2O4. The van der Waals surface area contributed by atoms with Gasteiger partial charge >= 0.3 is 12.0 Å². The van der Waals surface area contributed by atoms with E-state index in [4.69, 9.17) is 21.4 Å². The van der Waals surface area contributed by atoms with Crippen molar-refractivity contribution in [1.82, 2.24) is 10.2 Å². The zero-order valence-electron chi connectivity index (χ0n) is 13.3. The van der Waals surface area contributed by atoms with Gasteiger partial charge < -0.3 is 20.1 Å². The van der Waals surface area contributed by atoms with Crippen LogP contribution in [0.25, 0.3) is 0 Å². The number of halogens is 1. The molecule has 1 aromatic carbocycles. The number of benzene rings is 1. The Labute approximate surface area is 145 Å². The van der Waals surface area contributed by atoms with E-state index in [1.165, 1.54) is 0 Å². The molecule has 0 aliphatic carbocycles. The Hall–Kier alpha value is -1.79. The summed E-state index contributed by atoms with van der Waals surface area (Å²) in [5, 5.41) is 12.7. The lowest BCUT2D eigenvalue weighted by Gasteiger charge is -2.32. The molecule has 0 spiro atoms. The van der Waals surface area contributed by atoms with Crippen molar-refractivity contribution in [1.29, 1.82) is 0 Å². The fraction of sp³-hybridized carbons (Fsp3) is 0.529. The zero-order chi connectivity index (χ0) is 17.1. The Morgan fingerprint density at radius 1 is 1.17 bits per heavy atom. The topological polar surface area (TPSA) is 78.9 Å². The van der Waals surface area contributed by atoms with E-state index in [1.54, 1.807) is 4.90 Å². The summed E-state index contributed by atoms with van der Waals surface area (Å²) in [6, 6.07) is 7.22. The number of piperidine rings is 1. The van der Waals surface area contributed by atoms with E-state index in [2.05, 4.69) is 5.32 Å². The second-order valence-corrected chi connectivity index (χ2v) is 6.72. The van der Waals surface area contributed by atoms with E-state index in [-0.39, 0.29) is 24.1 Å². The molecule has 0 radical (unpaired) electrons. The monoisotopic (exact) mass is 352 g/mol. The summed E-state index contributed by atoms with van der Waals surface area (Å²) in [5.41, 5.74) is 0.992. The number of hydrogen-bond donors (Lipinski definition) is 2. The van der Waals surface area contributed by atoms with Crippen molar-refractivity contribution < 1.29 is 19.4 Å². The van der Waals surface area contributed by atoms with Gasteiger partial charge in [0.2, 0.25) is 0 Å². The number of carbonyl (C=O) groups is 2. The number of nitrogens with one attached hydrogen (secondary N) is 1. The highest BCUT2D eigenvalue weighted by atomic mass is 35.5. The molecule has 2 N–H and O–H groups in total. The van der Waals surface area contributed by atoms with Gasteiger partial charge in [-0.2, -0.15) is 0 Å². The van der Waals surface area contributed by atoms with E-state index in [9.17, 15) is 9.59 Å². The standard InChI is InChI=1S/C17H21ClN2O4/c18-13-3-1-11(2-4-13)15-14(7-10-24-15)19-17(23)20-8-5-12(6-9-20)16(21)22/h1-4,12,14-15H,5-10H2,(H,19,23)(H,21,22). The van der Waals surface area contributed by atoms with E-state index in [1.807, 2.05) is 24.3 Å². The van der Waals surface area contributed by atoms with Crippen LogP contribution in [0.1, 0.15) is 30.9 Å². The lowest BCUT2D eigenvalue weighted by molar-refractivity contribution is -0.143. The molecule has 1 aromatic rings. The third kappa shape index (κ3) is 3.82. The van der Waals surface area contributed by atoms with Crippen molar-refractivity contribution in [2.75, 3.05) is 19.7 Å². The SMILES string of the molecule is O=C(O)C1CCN(C(=O)NC2CCOC2c2ccc(Cl)cc2)CC1. The van der Waals surface area contributed by atoms with E-state index < -0.39 is 5.97 Å². The second kappa shape index (κ2) is 7.40. The van der Waals surface area contributed by atoms with Crippen LogP contribution in [0.2, 0.25) is 5.02 Å². The highest BCUT2D eigenvalue weighted by molar-refractivity contribution is 6.30. The van der Waals surface area contributed by atoms with E-state index in [0.717, 1.165) is 12.0 Å². The molecule has 0 saturated carbocycles. The molecule has 2 amide bonds. The minimum atomic E-state index is -0.776. The van der Waals surface area contributed by atoms with Crippen molar-refractivity contribution in [2.45, 2.75) is 31.4 Å². The summed E-state index contributed by atoms with van der Waals surface area (Å²) in [7, 11) is 0. The largest absolute Gasteiger partial charge is 0.481 e. The van der Waals surface area contributed by atoms with Crippen LogP contribution in [0.4, 0.5) is 4.79 Å². The van der Waals surface area contributed by atoms with Crippen LogP contribution in [0.15, 0.2) is 24.3 Å². The van der Waals surface area contributed by atoms with E-state index >= 15 is 0 Å². The fourth-order valence-electron chi connectivity index (χ4n) is 3.30. The summed E-state index contributed by atoms with van der Waals surface area (Å²) >= 11 is 5.92. The van der Waals surface area contributed by atoms with Crippen LogP contribution in [-0.4, -0.2) is 47.7 Å². The van der Waals surface area contributed by atoms with Crippen LogP contribution in [-0.2, 0) is 9.53 Å².